The smallest absolute Gasteiger partial charge is 0.169 e. The molecule has 1 aliphatic heterocycles. The number of ether oxygens (including phenoxy) is 1. The summed E-state index contributed by atoms with van der Waals surface area (Å²) in [7, 11) is 1.87. The van der Waals surface area contributed by atoms with E-state index < -0.39 is 0 Å². The summed E-state index contributed by atoms with van der Waals surface area (Å²) in [6, 6.07) is 4.09. The molecule has 1 fully saturated rings. The van der Waals surface area contributed by atoms with E-state index in [1.165, 1.54) is 0 Å². The molecule has 160 valence electrons. The van der Waals surface area contributed by atoms with Crippen molar-refractivity contribution in [1.29, 1.82) is 0 Å². The van der Waals surface area contributed by atoms with Crippen LogP contribution in [-0.2, 0) is 24.9 Å². The van der Waals surface area contributed by atoms with Gasteiger partial charge in [0.05, 0.1) is 43.2 Å². The maximum Gasteiger partial charge on any atom is 0.169 e. The number of rotatable bonds is 6. The molecule has 1 aliphatic rings. The van der Waals surface area contributed by atoms with Crippen molar-refractivity contribution >= 4 is 17.3 Å². The number of hydrogen-bond donors (Lipinski definition) is 2. The fraction of sp³-hybridized carbons (Fsp3) is 0.333. The fourth-order valence-electron chi connectivity index (χ4n) is 3.69. The second kappa shape index (κ2) is 8.32. The molecular formula is C21H25N9O. The van der Waals surface area contributed by atoms with Gasteiger partial charge in [0, 0.05) is 51.2 Å². The highest BCUT2D eigenvalue weighted by atomic mass is 16.5. The lowest BCUT2D eigenvalue weighted by Crippen LogP contribution is -2.35. The van der Waals surface area contributed by atoms with E-state index in [2.05, 4.69) is 46.9 Å². The van der Waals surface area contributed by atoms with Crippen molar-refractivity contribution in [2.24, 2.45) is 7.05 Å². The van der Waals surface area contributed by atoms with Crippen LogP contribution >= 0.6 is 0 Å². The average Bonchev–Trinajstić information content (AvgIpc) is 3.40. The Labute approximate surface area is 179 Å². The highest BCUT2D eigenvalue weighted by Crippen LogP contribution is 2.21. The van der Waals surface area contributed by atoms with Gasteiger partial charge in [0.1, 0.15) is 5.65 Å². The third kappa shape index (κ3) is 4.21. The third-order valence-electron chi connectivity index (χ3n) is 5.39. The molecule has 10 nitrogen and oxygen atoms in total. The van der Waals surface area contributed by atoms with Crippen molar-refractivity contribution in [2.75, 3.05) is 37.4 Å². The number of anilines is 2. The minimum absolute atomic E-state index is 0.365. The van der Waals surface area contributed by atoms with Crippen LogP contribution in [0.2, 0.25) is 0 Å². The van der Waals surface area contributed by atoms with E-state index in [4.69, 9.17) is 10.5 Å². The van der Waals surface area contributed by atoms with Gasteiger partial charge in [-0.15, -0.1) is 0 Å². The number of fused-ring (bicyclic) bond motifs is 1. The van der Waals surface area contributed by atoms with Gasteiger partial charge in [0.25, 0.3) is 0 Å². The van der Waals surface area contributed by atoms with Crippen LogP contribution in [0.25, 0.3) is 16.9 Å². The summed E-state index contributed by atoms with van der Waals surface area (Å²) in [5, 5.41) is 7.51. The fourth-order valence-corrected chi connectivity index (χ4v) is 3.69. The predicted octanol–water partition coefficient (Wildman–Crippen LogP) is 1.55. The predicted molar refractivity (Wildman–Crippen MR) is 117 cm³/mol. The first-order valence-corrected chi connectivity index (χ1v) is 10.3. The standard InChI is InChI=1S/C21H25N9O/c1-28-13-16(9-26-28)18-11-24-20(22)21(27-18)25-8-15-2-3-19-23-10-17(30(19)12-15)14-29-4-6-31-7-5-29/h2-3,9-13H,4-8,14H2,1H3,(H2,22,24)(H,25,27). The number of nitrogens with one attached hydrogen (secondary N) is 1. The summed E-state index contributed by atoms with van der Waals surface area (Å²) in [5.41, 5.74) is 10.9. The molecule has 0 aliphatic carbocycles. The molecule has 1 saturated heterocycles. The van der Waals surface area contributed by atoms with Gasteiger partial charge in [0.15, 0.2) is 11.6 Å². The van der Waals surface area contributed by atoms with Crippen LogP contribution in [0.15, 0.2) is 43.1 Å². The van der Waals surface area contributed by atoms with E-state index in [9.17, 15) is 0 Å². The molecular weight excluding hydrogens is 394 g/mol. The number of nitrogens with two attached hydrogens (primary N) is 1. The van der Waals surface area contributed by atoms with Crippen LogP contribution in [0.1, 0.15) is 11.3 Å². The first-order chi connectivity index (χ1) is 15.2. The Hall–Kier alpha value is -3.50. The SMILES string of the molecule is Cn1cc(-c2cnc(N)c(NCc3ccc4ncc(CN5CCOCC5)n4c3)n2)cn1. The lowest BCUT2D eigenvalue weighted by molar-refractivity contribution is 0.0335. The number of pyridine rings is 1. The van der Waals surface area contributed by atoms with E-state index in [1.807, 2.05) is 25.5 Å². The molecule has 3 N–H and O–H groups in total. The lowest BCUT2D eigenvalue weighted by atomic mass is 10.2. The van der Waals surface area contributed by atoms with Crippen LogP contribution < -0.4 is 11.1 Å². The van der Waals surface area contributed by atoms with Crippen LogP contribution in [0.3, 0.4) is 0 Å². The number of imidazole rings is 1. The van der Waals surface area contributed by atoms with Crippen molar-refractivity contribution in [1.82, 2.24) is 34.0 Å². The molecule has 4 aromatic heterocycles. The quantitative estimate of drug-likeness (QED) is 0.484. The van der Waals surface area contributed by atoms with E-state index in [1.54, 1.807) is 17.1 Å². The Morgan fingerprint density at radius 3 is 2.77 bits per heavy atom. The van der Waals surface area contributed by atoms with Crippen LogP contribution in [0.5, 0.6) is 0 Å². The Kier molecular flexibility index (Phi) is 5.23. The molecule has 0 amide bonds. The number of morpholine rings is 1. The maximum atomic E-state index is 6.05. The Balaban J connectivity index is 1.33. The normalized spacial score (nSPS) is 14.9. The second-order valence-corrected chi connectivity index (χ2v) is 7.65. The summed E-state index contributed by atoms with van der Waals surface area (Å²) >= 11 is 0. The number of nitrogen functional groups attached to an aromatic ring is 1. The van der Waals surface area contributed by atoms with Crippen molar-refractivity contribution in [2.45, 2.75) is 13.1 Å². The van der Waals surface area contributed by atoms with Gasteiger partial charge < -0.3 is 20.2 Å². The summed E-state index contributed by atoms with van der Waals surface area (Å²) < 4.78 is 9.33. The lowest BCUT2D eigenvalue weighted by Gasteiger charge is -2.26. The molecule has 4 aromatic rings. The largest absolute Gasteiger partial charge is 0.381 e. The molecule has 0 saturated carbocycles. The Bertz CT molecular complexity index is 1190. The van der Waals surface area contributed by atoms with Crippen LogP contribution in [-0.4, -0.2) is 60.3 Å². The molecule has 5 rings (SSSR count). The van der Waals surface area contributed by atoms with E-state index in [0.29, 0.717) is 18.2 Å². The van der Waals surface area contributed by atoms with Gasteiger partial charge in [-0.05, 0) is 11.6 Å². The molecule has 0 bridgehead atoms. The zero-order chi connectivity index (χ0) is 21.2. The molecule has 31 heavy (non-hydrogen) atoms. The van der Waals surface area contributed by atoms with E-state index in [0.717, 1.165) is 61.0 Å². The third-order valence-corrected chi connectivity index (χ3v) is 5.39. The van der Waals surface area contributed by atoms with Gasteiger partial charge >= 0.3 is 0 Å². The zero-order valence-corrected chi connectivity index (χ0v) is 17.4. The van der Waals surface area contributed by atoms with E-state index >= 15 is 0 Å². The summed E-state index contributed by atoms with van der Waals surface area (Å²) in [5.74, 6) is 0.921. The highest BCUT2D eigenvalue weighted by Gasteiger charge is 2.14. The first-order valence-electron chi connectivity index (χ1n) is 10.3. The second-order valence-electron chi connectivity index (χ2n) is 7.65. The number of aryl methyl sites for hydroxylation is 1. The zero-order valence-electron chi connectivity index (χ0n) is 17.4. The molecule has 0 aromatic carbocycles. The van der Waals surface area contributed by atoms with Crippen LogP contribution in [0.4, 0.5) is 11.6 Å². The highest BCUT2D eigenvalue weighted by molar-refractivity contribution is 5.64. The van der Waals surface area contributed by atoms with Gasteiger partial charge in [0.2, 0.25) is 0 Å². The number of hydrogen-bond acceptors (Lipinski definition) is 8. The minimum Gasteiger partial charge on any atom is -0.381 e. The Morgan fingerprint density at radius 1 is 1.10 bits per heavy atom. The first kappa shape index (κ1) is 19.5. The molecule has 10 heteroatoms. The van der Waals surface area contributed by atoms with Gasteiger partial charge in [-0.1, -0.05) is 6.07 Å². The summed E-state index contributed by atoms with van der Waals surface area (Å²) in [4.78, 5) is 15.8. The summed E-state index contributed by atoms with van der Waals surface area (Å²) in [6.45, 7) is 4.88. The topological polar surface area (TPSA) is 111 Å². The van der Waals surface area contributed by atoms with Crippen molar-refractivity contribution < 1.29 is 4.74 Å². The molecule has 0 radical (unpaired) electrons. The Morgan fingerprint density at radius 2 is 1.97 bits per heavy atom. The van der Waals surface area contributed by atoms with Crippen molar-refractivity contribution in [3.05, 3.63) is 54.4 Å². The summed E-state index contributed by atoms with van der Waals surface area (Å²) in [6.07, 6.45) is 9.37. The van der Waals surface area contributed by atoms with Crippen molar-refractivity contribution in [3.63, 3.8) is 0 Å². The average molecular weight is 419 g/mol. The van der Waals surface area contributed by atoms with Gasteiger partial charge in [-0.3, -0.25) is 9.58 Å². The maximum absolute atomic E-state index is 6.05. The van der Waals surface area contributed by atoms with Gasteiger partial charge in [-0.25, -0.2) is 15.0 Å². The van der Waals surface area contributed by atoms with E-state index in [-0.39, 0.29) is 0 Å². The molecule has 0 atom stereocenters. The molecule has 0 unspecified atom stereocenters. The minimum atomic E-state index is 0.365. The number of aromatic nitrogens is 6. The molecule has 0 spiro atoms. The number of nitrogens with zero attached hydrogens (tertiary/aromatic N) is 7. The van der Waals surface area contributed by atoms with Gasteiger partial charge in [-0.2, -0.15) is 5.10 Å². The monoisotopic (exact) mass is 419 g/mol. The molecule has 5 heterocycles. The van der Waals surface area contributed by atoms with Crippen LogP contribution in [0, 0.1) is 0 Å². The van der Waals surface area contributed by atoms with Crippen molar-refractivity contribution in [3.8, 4) is 11.3 Å².